The van der Waals surface area contributed by atoms with Gasteiger partial charge in [-0.25, -0.2) is 0 Å². The van der Waals surface area contributed by atoms with Crippen molar-refractivity contribution < 1.29 is 14.6 Å². The molecule has 3 nitrogen and oxygen atoms in total. The van der Waals surface area contributed by atoms with Gasteiger partial charge in [0.25, 0.3) is 0 Å². The predicted molar refractivity (Wildman–Crippen MR) is 55.9 cm³/mol. The van der Waals surface area contributed by atoms with E-state index in [0.29, 0.717) is 6.42 Å². The minimum Gasteiger partial charge on any atom is -0.462 e. The molecule has 14 heavy (non-hydrogen) atoms. The van der Waals surface area contributed by atoms with Crippen LogP contribution in [-0.2, 0) is 9.53 Å². The topological polar surface area (TPSA) is 46.5 Å². The van der Waals surface area contributed by atoms with E-state index in [4.69, 9.17) is 4.74 Å². The molecule has 0 aromatic rings. The van der Waals surface area contributed by atoms with Gasteiger partial charge in [0, 0.05) is 6.42 Å². The maximum absolute atomic E-state index is 11.3. The van der Waals surface area contributed by atoms with Crippen LogP contribution in [0.3, 0.4) is 0 Å². The first-order chi connectivity index (χ1) is 6.34. The Morgan fingerprint density at radius 1 is 1.21 bits per heavy atom. The SMILES string of the molecule is CC(C)C(=O)O[C@@H](C[C@@H](C)O)C(C)C. The summed E-state index contributed by atoms with van der Waals surface area (Å²) in [6.45, 7) is 9.30. The van der Waals surface area contributed by atoms with Crippen LogP contribution in [0.25, 0.3) is 0 Å². The van der Waals surface area contributed by atoms with E-state index in [2.05, 4.69) is 0 Å². The molecule has 0 heterocycles. The minimum absolute atomic E-state index is 0.106. The summed E-state index contributed by atoms with van der Waals surface area (Å²) in [5, 5.41) is 9.23. The Bertz CT molecular complexity index is 173. The van der Waals surface area contributed by atoms with E-state index in [0.717, 1.165) is 0 Å². The Morgan fingerprint density at radius 3 is 2.00 bits per heavy atom. The first kappa shape index (κ1) is 13.4. The molecule has 0 aromatic carbocycles. The average Bonchev–Trinajstić information content (AvgIpc) is 2.01. The van der Waals surface area contributed by atoms with Gasteiger partial charge >= 0.3 is 5.97 Å². The molecule has 1 N–H and O–H groups in total. The third kappa shape index (κ3) is 5.22. The van der Waals surface area contributed by atoms with Gasteiger partial charge in [0.05, 0.1) is 12.0 Å². The summed E-state index contributed by atoms with van der Waals surface area (Å²) in [6.07, 6.45) is -0.0943. The minimum atomic E-state index is -0.428. The summed E-state index contributed by atoms with van der Waals surface area (Å²) >= 11 is 0. The highest BCUT2D eigenvalue weighted by Crippen LogP contribution is 2.15. The highest BCUT2D eigenvalue weighted by Gasteiger charge is 2.21. The second-order valence-electron chi connectivity index (χ2n) is 4.46. The molecule has 0 aliphatic rings. The standard InChI is InChI=1S/C11H22O3/c1-7(2)10(6-9(5)12)14-11(13)8(3)4/h7-10,12H,6H2,1-5H3/t9-,10+/m1/s1. The molecular formula is C11H22O3. The highest BCUT2D eigenvalue weighted by atomic mass is 16.5. The zero-order chi connectivity index (χ0) is 11.3. The number of carbonyl (C=O) groups is 1. The average molecular weight is 202 g/mol. The quantitative estimate of drug-likeness (QED) is 0.693. The van der Waals surface area contributed by atoms with E-state index in [1.165, 1.54) is 0 Å². The van der Waals surface area contributed by atoms with Crippen molar-refractivity contribution in [1.82, 2.24) is 0 Å². The highest BCUT2D eigenvalue weighted by molar-refractivity contribution is 5.71. The number of carbonyl (C=O) groups excluding carboxylic acids is 1. The van der Waals surface area contributed by atoms with Gasteiger partial charge in [0.2, 0.25) is 0 Å². The number of hydrogen-bond acceptors (Lipinski definition) is 3. The number of rotatable bonds is 5. The van der Waals surface area contributed by atoms with Gasteiger partial charge in [0.1, 0.15) is 6.10 Å². The van der Waals surface area contributed by atoms with Crippen molar-refractivity contribution in [2.45, 2.75) is 53.2 Å². The van der Waals surface area contributed by atoms with Gasteiger partial charge in [0.15, 0.2) is 0 Å². The molecule has 0 saturated carbocycles. The van der Waals surface area contributed by atoms with Crippen molar-refractivity contribution in [3.8, 4) is 0 Å². The van der Waals surface area contributed by atoms with E-state index >= 15 is 0 Å². The van der Waals surface area contributed by atoms with Crippen molar-refractivity contribution >= 4 is 5.97 Å². The zero-order valence-corrected chi connectivity index (χ0v) is 9.78. The molecule has 0 amide bonds. The maximum atomic E-state index is 11.3. The largest absolute Gasteiger partial charge is 0.462 e. The van der Waals surface area contributed by atoms with Crippen LogP contribution in [0.1, 0.15) is 41.0 Å². The fourth-order valence-electron chi connectivity index (χ4n) is 1.08. The molecule has 84 valence electrons. The van der Waals surface area contributed by atoms with Crippen molar-refractivity contribution in [2.24, 2.45) is 11.8 Å². The summed E-state index contributed by atoms with van der Waals surface area (Å²) in [5.74, 6) is -0.0538. The maximum Gasteiger partial charge on any atom is 0.308 e. The first-order valence-corrected chi connectivity index (χ1v) is 5.23. The Morgan fingerprint density at radius 2 is 1.71 bits per heavy atom. The van der Waals surface area contributed by atoms with Gasteiger partial charge in [-0.15, -0.1) is 0 Å². The van der Waals surface area contributed by atoms with Gasteiger partial charge < -0.3 is 9.84 Å². The predicted octanol–water partition coefficient (Wildman–Crippen LogP) is 1.98. The number of aliphatic hydroxyl groups is 1. The lowest BCUT2D eigenvalue weighted by Gasteiger charge is -2.23. The number of ether oxygens (including phenoxy) is 1. The van der Waals surface area contributed by atoms with Crippen molar-refractivity contribution in [2.75, 3.05) is 0 Å². The third-order valence-electron chi connectivity index (χ3n) is 2.06. The lowest BCUT2D eigenvalue weighted by molar-refractivity contribution is -0.156. The fourth-order valence-corrected chi connectivity index (χ4v) is 1.08. The second kappa shape index (κ2) is 6.02. The molecule has 0 aromatic heterocycles. The smallest absolute Gasteiger partial charge is 0.308 e. The lowest BCUT2D eigenvalue weighted by atomic mass is 10.0. The van der Waals surface area contributed by atoms with Crippen LogP contribution in [0.2, 0.25) is 0 Å². The first-order valence-electron chi connectivity index (χ1n) is 5.23. The molecule has 0 fully saturated rings. The van der Waals surface area contributed by atoms with E-state index in [1.54, 1.807) is 6.92 Å². The molecule has 0 aliphatic carbocycles. The number of hydrogen-bond donors (Lipinski definition) is 1. The van der Waals surface area contributed by atoms with Crippen molar-refractivity contribution in [3.63, 3.8) is 0 Å². The zero-order valence-electron chi connectivity index (χ0n) is 9.78. The summed E-state index contributed by atoms with van der Waals surface area (Å²) in [4.78, 5) is 11.3. The molecule has 0 radical (unpaired) electrons. The molecule has 3 heteroatoms. The summed E-state index contributed by atoms with van der Waals surface area (Å²) in [7, 11) is 0. The Balaban J connectivity index is 4.16. The van der Waals surface area contributed by atoms with E-state index in [1.807, 2.05) is 27.7 Å². The van der Waals surface area contributed by atoms with E-state index < -0.39 is 6.10 Å². The Labute approximate surface area is 86.5 Å². The summed E-state index contributed by atoms with van der Waals surface area (Å²) < 4.78 is 5.29. The number of esters is 1. The third-order valence-corrected chi connectivity index (χ3v) is 2.06. The summed E-state index contributed by atoms with van der Waals surface area (Å²) in [5.41, 5.74) is 0. The molecular weight excluding hydrogens is 180 g/mol. The van der Waals surface area contributed by atoms with Crippen molar-refractivity contribution in [1.29, 1.82) is 0 Å². The van der Waals surface area contributed by atoms with Crippen LogP contribution in [-0.4, -0.2) is 23.3 Å². The lowest BCUT2D eigenvalue weighted by Crippen LogP contribution is -2.29. The molecule has 0 spiro atoms. The van der Waals surface area contributed by atoms with Crippen LogP contribution in [0.4, 0.5) is 0 Å². The number of aliphatic hydroxyl groups excluding tert-OH is 1. The van der Waals surface area contributed by atoms with Gasteiger partial charge in [-0.3, -0.25) is 4.79 Å². The van der Waals surface area contributed by atoms with Crippen LogP contribution in [0, 0.1) is 11.8 Å². The van der Waals surface area contributed by atoms with E-state index in [9.17, 15) is 9.90 Å². The van der Waals surface area contributed by atoms with Gasteiger partial charge in [-0.1, -0.05) is 27.7 Å². The monoisotopic (exact) mass is 202 g/mol. The van der Waals surface area contributed by atoms with Crippen molar-refractivity contribution in [3.05, 3.63) is 0 Å². The molecule has 2 atom stereocenters. The van der Waals surface area contributed by atoms with Crippen LogP contribution in [0.5, 0.6) is 0 Å². The van der Waals surface area contributed by atoms with Crippen LogP contribution < -0.4 is 0 Å². The molecule has 0 bridgehead atoms. The molecule has 0 unspecified atom stereocenters. The van der Waals surface area contributed by atoms with E-state index in [-0.39, 0.29) is 23.9 Å². The normalized spacial score (nSPS) is 15.7. The fraction of sp³-hybridized carbons (Fsp3) is 0.909. The Kier molecular flexibility index (Phi) is 5.77. The Hall–Kier alpha value is -0.570. The summed E-state index contributed by atoms with van der Waals surface area (Å²) in [6, 6.07) is 0. The second-order valence-corrected chi connectivity index (χ2v) is 4.46. The van der Waals surface area contributed by atoms with Crippen LogP contribution >= 0.6 is 0 Å². The van der Waals surface area contributed by atoms with Gasteiger partial charge in [-0.05, 0) is 12.8 Å². The molecule has 0 aliphatic heterocycles. The molecule has 0 rings (SSSR count). The molecule has 0 saturated heterocycles. The van der Waals surface area contributed by atoms with Crippen LogP contribution in [0.15, 0.2) is 0 Å². The van der Waals surface area contributed by atoms with Gasteiger partial charge in [-0.2, -0.15) is 0 Å².